The quantitative estimate of drug-likeness (QED) is 0.483. The summed E-state index contributed by atoms with van der Waals surface area (Å²) in [6.45, 7) is 3.13. The number of nitrogens with zero attached hydrogens (tertiary/aromatic N) is 1. The number of hydrogen-bond acceptors (Lipinski definition) is 5. The monoisotopic (exact) mass is 309 g/mol. The molecule has 0 spiro atoms. The van der Waals surface area contributed by atoms with Gasteiger partial charge in [-0.3, -0.25) is 9.63 Å². The molecule has 1 fully saturated rings. The van der Waals surface area contributed by atoms with Crippen molar-refractivity contribution in [1.29, 1.82) is 0 Å². The molecule has 22 heavy (non-hydrogen) atoms. The molecule has 0 bridgehead atoms. The van der Waals surface area contributed by atoms with Crippen LogP contribution in [-0.2, 0) is 30.4 Å². The van der Waals surface area contributed by atoms with Gasteiger partial charge in [0, 0.05) is 13.8 Å². The maximum Gasteiger partial charge on any atom is 0.377 e. The zero-order chi connectivity index (χ0) is 16.3. The minimum absolute atomic E-state index is 0.0231. The summed E-state index contributed by atoms with van der Waals surface area (Å²) >= 11 is 0. The Morgan fingerprint density at radius 3 is 2.68 bits per heavy atom. The molecule has 7 heteroatoms. The van der Waals surface area contributed by atoms with Gasteiger partial charge >= 0.3 is 5.97 Å². The number of carbonyl (C=O) groups is 2. The number of benzene rings is 1. The third-order valence-electron chi connectivity index (χ3n) is 2.83. The number of cyclic esters (lactones) is 1. The van der Waals surface area contributed by atoms with Crippen LogP contribution >= 0.6 is 0 Å². The SMILES string of the molecule is CON(Cc1cccc(F)c1)C(=O)/C=C1\OC(C)(C)OC1=O. The highest BCUT2D eigenvalue weighted by atomic mass is 19.1. The Kier molecular flexibility index (Phi) is 4.46. The number of esters is 1. The predicted molar refractivity (Wildman–Crippen MR) is 73.3 cm³/mol. The molecule has 6 nitrogen and oxygen atoms in total. The summed E-state index contributed by atoms with van der Waals surface area (Å²) in [5, 5.41) is 0.976. The molecule has 0 aromatic heterocycles. The van der Waals surface area contributed by atoms with Crippen LogP contribution in [0.2, 0.25) is 0 Å². The maximum absolute atomic E-state index is 13.1. The van der Waals surface area contributed by atoms with Crippen LogP contribution in [0.5, 0.6) is 0 Å². The molecule has 0 N–H and O–H groups in total. The lowest BCUT2D eigenvalue weighted by atomic mass is 10.2. The molecule has 0 saturated carbocycles. The van der Waals surface area contributed by atoms with Crippen molar-refractivity contribution >= 4 is 11.9 Å². The van der Waals surface area contributed by atoms with Crippen LogP contribution in [0.3, 0.4) is 0 Å². The second-order valence-corrected chi connectivity index (χ2v) is 5.09. The van der Waals surface area contributed by atoms with Crippen LogP contribution in [0.4, 0.5) is 4.39 Å². The van der Waals surface area contributed by atoms with Gasteiger partial charge in [0.05, 0.1) is 19.7 Å². The average molecular weight is 309 g/mol. The summed E-state index contributed by atoms with van der Waals surface area (Å²) in [6.07, 6.45) is 0.986. The van der Waals surface area contributed by atoms with Gasteiger partial charge in [0.1, 0.15) is 5.82 Å². The van der Waals surface area contributed by atoms with Crippen molar-refractivity contribution in [2.75, 3.05) is 7.11 Å². The van der Waals surface area contributed by atoms with Crippen LogP contribution in [0.1, 0.15) is 19.4 Å². The Hall–Kier alpha value is -2.41. The Morgan fingerprint density at radius 2 is 2.14 bits per heavy atom. The first-order chi connectivity index (χ1) is 10.3. The summed E-state index contributed by atoms with van der Waals surface area (Å²) in [6, 6.07) is 5.77. The van der Waals surface area contributed by atoms with Gasteiger partial charge in [0.15, 0.2) is 0 Å². The highest BCUT2D eigenvalue weighted by molar-refractivity contribution is 5.97. The summed E-state index contributed by atoms with van der Waals surface area (Å²) in [4.78, 5) is 28.6. The van der Waals surface area contributed by atoms with Gasteiger partial charge in [-0.15, -0.1) is 0 Å². The van der Waals surface area contributed by atoms with Crippen LogP contribution in [-0.4, -0.2) is 29.8 Å². The number of hydroxylamine groups is 2. The molecule has 1 aromatic carbocycles. The highest BCUT2D eigenvalue weighted by Gasteiger charge is 2.38. The van der Waals surface area contributed by atoms with E-state index in [1.165, 1.54) is 25.3 Å². The first kappa shape index (κ1) is 16.0. The van der Waals surface area contributed by atoms with E-state index >= 15 is 0 Å². The molecule has 1 aromatic rings. The average Bonchev–Trinajstić information content (AvgIpc) is 2.68. The largest absolute Gasteiger partial charge is 0.445 e. The summed E-state index contributed by atoms with van der Waals surface area (Å²) in [5.41, 5.74) is 0.545. The smallest absolute Gasteiger partial charge is 0.377 e. The van der Waals surface area contributed by atoms with E-state index in [2.05, 4.69) is 0 Å². The van der Waals surface area contributed by atoms with Gasteiger partial charge < -0.3 is 9.47 Å². The van der Waals surface area contributed by atoms with Gasteiger partial charge in [-0.1, -0.05) is 12.1 Å². The Morgan fingerprint density at radius 1 is 1.41 bits per heavy atom. The van der Waals surface area contributed by atoms with Crippen molar-refractivity contribution in [2.45, 2.75) is 26.2 Å². The van der Waals surface area contributed by atoms with Crippen LogP contribution in [0.25, 0.3) is 0 Å². The molecule has 1 heterocycles. The van der Waals surface area contributed by atoms with Gasteiger partial charge in [0.25, 0.3) is 5.91 Å². The van der Waals surface area contributed by atoms with E-state index in [-0.39, 0.29) is 12.3 Å². The van der Waals surface area contributed by atoms with E-state index in [0.29, 0.717) is 5.56 Å². The number of rotatable bonds is 4. The third-order valence-corrected chi connectivity index (χ3v) is 2.83. The Balaban J connectivity index is 2.11. The van der Waals surface area contributed by atoms with Crippen LogP contribution in [0, 0.1) is 5.82 Å². The molecule has 118 valence electrons. The second kappa shape index (κ2) is 6.15. The fraction of sp³-hybridized carbons (Fsp3) is 0.333. The van der Waals surface area contributed by atoms with Gasteiger partial charge in [0.2, 0.25) is 11.5 Å². The first-order valence-corrected chi connectivity index (χ1v) is 6.55. The number of carbonyl (C=O) groups excluding carboxylic acids is 2. The minimum atomic E-state index is -1.11. The number of hydrogen-bond donors (Lipinski definition) is 0. The standard InChI is InChI=1S/C15H16FNO5/c1-15(2)21-12(14(19)22-15)8-13(18)17(20-3)9-10-5-4-6-11(16)7-10/h4-8H,9H2,1-3H3/b12-8-. The molecule has 0 atom stereocenters. The zero-order valence-electron chi connectivity index (χ0n) is 12.5. The summed E-state index contributed by atoms with van der Waals surface area (Å²) in [5.74, 6) is -3.06. The Labute approximate surface area is 127 Å². The van der Waals surface area contributed by atoms with E-state index in [9.17, 15) is 14.0 Å². The Bertz CT molecular complexity index is 626. The fourth-order valence-electron chi connectivity index (χ4n) is 1.91. The van der Waals surface area contributed by atoms with E-state index in [4.69, 9.17) is 14.3 Å². The van der Waals surface area contributed by atoms with Crippen molar-refractivity contribution < 1.29 is 28.3 Å². The highest BCUT2D eigenvalue weighted by Crippen LogP contribution is 2.26. The summed E-state index contributed by atoms with van der Waals surface area (Å²) in [7, 11) is 1.30. The molecule has 0 radical (unpaired) electrons. The van der Waals surface area contributed by atoms with Crippen molar-refractivity contribution in [3.05, 3.63) is 47.5 Å². The summed E-state index contributed by atoms with van der Waals surface area (Å²) < 4.78 is 23.3. The molecule has 1 aliphatic rings. The van der Waals surface area contributed by atoms with Crippen molar-refractivity contribution in [3.63, 3.8) is 0 Å². The molecule has 0 unspecified atom stereocenters. The van der Waals surface area contributed by atoms with Gasteiger partial charge in [-0.2, -0.15) is 0 Å². The third kappa shape index (κ3) is 3.82. The van der Waals surface area contributed by atoms with E-state index in [1.807, 2.05) is 0 Å². The number of ether oxygens (including phenoxy) is 2. The topological polar surface area (TPSA) is 65.1 Å². The van der Waals surface area contributed by atoms with Crippen LogP contribution < -0.4 is 0 Å². The van der Waals surface area contributed by atoms with Crippen molar-refractivity contribution in [2.24, 2.45) is 0 Å². The first-order valence-electron chi connectivity index (χ1n) is 6.55. The normalized spacial score (nSPS) is 18.0. The van der Waals surface area contributed by atoms with E-state index in [1.54, 1.807) is 19.9 Å². The van der Waals surface area contributed by atoms with Gasteiger partial charge in [-0.05, 0) is 17.7 Å². The molecular formula is C15H16FNO5. The van der Waals surface area contributed by atoms with Crippen LogP contribution in [0.15, 0.2) is 36.1 Å². The molecule has 0 aliphatic carbocycles. The maximum atomic E-state index is 13.1. The number of amides is 1. The molecular weight excluding hydrogens is 293 g/mol. The lowest BCUT2D eigenvalue weighted by Gasteiger charge is -2.18. The number of halogens is 1. The second-order valence-electron chi connectivity index (χ2n) is 5.09. The minimum Gasteiger partial charge on any atom is -0.445 e. The molecule has 1 aliphatic heterocycles. The van der Waals surface area contributed by atoms with Crippen molar-refractivity contribution in [3.8, 4) is 0 Å². The van der Waals surface area contributed by atoms with Gasteiger partial charge in [-0.25, -0.2) is 14.2 Å². The molecule has 1 amide bonds. The fourth-order valence-corrected chi connectivity index (χ4v) is 1.91. The van der Waals surface area contributed by atoms with E-state index in [0.717, 1.165) is 11.1 Å². The van der Waals surface area contributed by atoms with Crippen molar-refractivity contribution in [1.82, 2.24) is 5.06 Å². The zero-order valence-corrected chi connectivity index (χ0v) is 12.5. The molecule has 2 rings (SSSR count). The van der Waals surface area contributed by atoms with E-state index < -0.39 is 23.5 Å². The predicted octanol–water partition coefficient (Wildman–Crippen LogP) is 1.91. The lowest BCUT2D eigenvalue weighted by Crippen LogP contribution is -2.28. The lowest BCUT2D eigenvalue weighted by molar-refractivity contribution is -0.173. The molecule has 1 saturated heterocycles.